The molecular weight excluding hydrogens is 266 g/mol. The third-order valence-electron chi connectivity index (χ3n) is 3.44. The molecule has 1 amide bonds. The average molecular weight is 283 g/mol. The van der Waals surface area contributed by atoms with Gasteiger partial charge in [-0.05, 0) is 11.6 Å². The van der Waals surface area contributed by atoms with Gasteiger partial charge in [0.1, 0.15) is 5.75 Å². The van der Waals surface area contributed by atoms with Crippen LogP contribution in [0.25, 0.3) is 11.1 Å². The van der Waals surface area contributed by atoms with E-state index in [0.29, 0.717) is 32.1 Å². The average Bonchev–Trinajstić information content (AvgIpc) is 2.57. The van der Waals surface area contributed by atoms with E-state index in [1.54, 1.807) is 4.90 Å². The van der Waals surface area contributed by atoms with Crippen LogP contribution < -0.4 is 4.74 Å². The number of ether oxygens (including phenoxy) is 2. The Kier molecular flexibility index (Phi) is 4.17. The molecule has 0 N–H and O–H groups in total. The third-order valence-corrected chi connectivity index (χ3v) is 3.44. The molecule has 21 heavy (non-hydrogen) atoms. The predicted molar refractivity (Wildman–Crippen MR) is 80.3 cm³/mol. The largest absolute Gasteiger partial charge is 0.415 e. The van der Waals surface area contributed by atoms with E-state index in [-0.39, 0.29) is 6.09 Å². The first kappa shape index (κ1) is 13.6. The van der Waals surface area contributed by atoms with Gasteiger partial charge < -0.3 is 14.4 Å². The Morgan fingerprint density at radius 3 is 2.38 bits per heavy atom. The van der Waals surface area contributed by atoms with Gasteiger partial charge in [0.25, 0.3) is 0 Å². The van der Waals surface area contributed by atoms with Crippen molar-refractivity contribution in [2.24, 2.45) is 0 Å². The number of carbonyl (C=O) groups is 1. The van der Waals surface area contributed by atoms with Gasteiger partial charge in [-0.25, -0.2) is 4.79 Å². The lowest BCUT2D eigenvalue weighted by Gasteiger charge is -2.26. The Balaban J connectivity index is 1.81. The van der Waals surface area contributed by atoms with Crippen LogP contribution >= 0.6 is 0 Å². The molecule has 2 aromatic rings. The minimum Gasteiger partial charge on any atom is -0.410 e. The quantitative estimate of drug-likeness (QED) is 0.849. The van der Waals surface area contributed by atoms with Crippen molar-refractivity contribution < 1.29 is 14.3 Å². The Labute approximate surface area is 123 Å². The maximum absolute atomic E-state index is 12.2. The Morgan fingerprint density at radius 1 is 0.952 bits per heavy atom. The van der Waals surface area contributed by atoms with Crippen LogP contribution in [0.2, 0.25) is 0 Å². The highest BCUT2D eigenvalue weighted by Crippen LogP contribution is 2.29. The van der Waals surface area contributed by atoms with E-state index in [4.69, 9.17) is 9.47 Å². The molecule has 0 atom stereocenters. The summed E-state index contributed by atoms with van der Waals surface area (Å²) in [6, 6.07) is 17.5. The molecule has 1 fully saturated rings. The number of hydrogen-bond acceptors (Lipinski definition) is 3. The van der Waals surface area contributed by atoms with Crippen molar-refractivity contribution in [1.82, 2.24) is 4.90 Å². The van der Waals surface area contributed by atoms with E-state index in [9.17, 15) is 4.79 Å². The fourth-order valence-electron chi connectivity index (χ4n) is 2.32. The van der Waals surface area contributed by atoms with Crippen molar-refractivity contribution >= 4 is 6.09 Å². The van der Waals surface area contributed by atoms with E-state index >= 15 is 0 Å². The fraction of sp³-hybridized carbons (Fsp3) is 0.235. The normalized spacial score (nSPS) is 14.8. The molecule has 0 aliphatic carbocycles. The monoisotopic (exact) mass is 283 g/mol. The van der Waals surface area contributed by atoms with Crippen molar-refractivity contribution in [2.45, 2.75) is 0 Å². The zero-order valence-corrected chi connectivity index (χ0v) is 11.7. The molecule has 1 saturated heterocycles. The number of morpholine rings is 1. The van der Waals surface area contributed by atoms with Crippen LogP contribution in [0.3, 0.4) is 0 Å². The SMILES string of the molecule is O=C(Oc1ccccc1-c1ccccc1)N1CCOCC1. The molecule has 108 valence electrons. The summed E-state index contributed by atoms with van der Waals surface area (Å²) in [6.07, 6.45) is -0.318. The number of rotatable bonds is 2. The highest BCUT2D eigenvalue weighted by molar-refractivity contribution is 5.77. The smallest absolute Gasteiger partial charge is 0.410 e. The summed E-state index contributed by atoms with van der Waals surface area (Å²) >= 11 is 0. The minimum atomic E-state index is -0.318. The first-order chi connectivity index (χ1) is 10.3. The van der Waals surface area contributed by atoms with E-state index in [1.165, 1.54) is 0 Å². The molecule has 0 bridgehead atoms. The van der Waals surface area contributed by atoms with E-state index in [2.05, 4.69) is 0 Å². The van der Waals surface area contributed by atoms with Gasteiger partial charge in [0.05, 0.1) is 13.2 Å². The van der Waals surface area contributed by atoms with Crippen molar-refractivity contribution in [3.8, 4) is 16.9 Å². The first-order valence-corrected chi connectivity index (χ1v) is 7.03. The number of carbonyl (C=O) groups excluding carboxylic acids is 1. The van der Waals surface area contributed by atoms with E-state index in [0.717, 1.165) is 11.1 Å². The van der Waals surface area contributed by atoms with Crippen molar-refractivity contribution in [1.29, 1.82) is 0 Å². The molecule has 0 spiro atoms. The lowest BCUT2D eigenvalue weighted by Crippen LogP contribution is -2.42. The second-order valence-electron chi connectivity index (χ2n) is 4.83. The Bertz CT molecular complexity index is 606. The minimum absolute atomic E-state index is 0.318. The van der Waals surface area contributed by atoms with Crippen LogP contribution in [-0.4, -0.2) is 37.3 Å². The zero-order valence-electron chi connectivity index (χ0n) is 11.7. The maximum atomic E-state index is 12.2. The molecule has 1 aliphatic rings. The standard InChI is InChI=1S/C17H17NO3/c19-17(18-10-12-20-13-11-18)21-16-9-5-4-8-15(16)14-6-2-1-3-7-14/h1-9H,10-13H2. The van der Waals surface area contributed by atoms with Crippen molar-refractivity contribution in [2.75, 3.05) is 26.3 Å². The number of nitrogens with zero attached hydrogens (tertiary/aromatic N) is 1. The van der Waals surface area contributed by atoms with Gasteiger partial charge in [0, 0.05) is 18.7 Å². The molecule has 1 heterocycles. The summed E-state index contributed by atoms with van der Waals surface area (Å²) in [6.45, 7) is 2.28. The van der Waals surface area contributed by atoms with Gasteiger partial charge in [-0.3, -0.25) is 0 Å². The maximum Gasteiger partial charge on any atom is 0.415 e. The third kappa shape index (κ3) is 3.23. The van der Waals surface area contributed by atoms with Gasteiger partial charge in [-0.2, -0.15) is 0 Å². The topological polar surface area (TPSA) is 38.8 Å². The molecule has 0 aromatic heterocycles. The second kappa shape index (κ2) is 6.41. The number of hydrogen-bond donors (Lipinski definition) is 0. The van der Waals surface area contributed by atoms with Crippen LogP contribution in [0.5, 0.6) is 5.75 Å². The summed E-state index contributed by atoms with van der Waals surface area (Å²) in [5, 5.41) is 0. The highest BCUT2D eigenvalue weighted by atomic mass is 16.6. The molecule has 0 saturated carbocycles. The molecule has 1 aliphatic heterocycles. The van der Waals surface area contributed by atoms with Crippen LogP contribution in [0.4, 0.5) is 4.79 Å². The van der Waals surface area contributed by atoms with Gasteiger partial charge in [-0.1, -0.05) is 48.5 Å². The van der Waals surface area contributed by atoms with Gasteiger partial charge in [0.15, 0.2) is 0 Å². The van der Waals surface area contributed by atoms with Crippen LogP contribution in [-0.2, 0) is 4.74 Å². The molecule has 4 heteroatoms. The van der Waals surface area contributed by atoms with Crippen molar-refractivity contribution in [3.63, 3.8) is 0 Å². The highest BCUT2D eigenvalue weighted by Gasteiger charge is 2.19. The molecular formula is C17H17NO3. The summed E-state index contributed by atoms with van der Waals surface area (Å²) in [4.78, 5) is 13.9. The second-order valence-corrected chi connectivity index (χ2v) is 4.83. The predicted octanol–water partition coefficient (Wildman–Crippen LogP) is 3.18. The number of benzene rings is 2. The van der Waals surface area contributed by atoms with Crippen molar-refractivity contribution in [3.05, 3.63) is 54.6 Å². The molecule has 0 unspecified atom stereocenters. The first-order valence-electron chi connectivity index (χ1n) is 7.03. The summed E-state index contributed by atoms with van der Waals surface area (Å²) in [5.41, 5.74) is 1.95. The fourth-order valence-corrected chi connectivity index (χ4v) is 2.32. The van der Waals surface area contributed by atoms with E-state index < -0.39 is 0 Å². The molecule has 0 radical (unpaired) electrons. The number of para-hydroxylation sites is 1. The van der Waals surface area contributed by atoms with Gasteiger partial charge in [-0.15, -0.1) is 0 Å². The van der Waals surface area contributed by atoms with Crippen LogP contribution in [0.1, 0.15) is 0 Å². The van der Waals surface area contributed by atoms with Gasteiger partial charge in [0.2, 0.25) is 0 Å². The Hall–Kier alpha value is -2.33. The van der Waals surface area contributed by atoms with Gasteiger partial charge >= 0.3 is 6.09 Å². The van der Waals surface area contributed by atoms with Crippen LogP contribution in [0, 0.1) is 0 Å². The van der Waals surface area contributed by atoms with E-state index in [1.807, 2.05) is 54.6 Å². The lowest BCUT2D eigenvalue weighted by molar-refractivity contribution is 0.0416. The number of amides is 1. The zero-order chi connectivity index (χ0) is 14.5. The summed E-state index contributed by atoms with van der Waals surface area (Å²) < 4.78 is 10.8. The van der Waals surface area contributed by atoms with Crippen LogP contribution in [0.15, 0.2) is 54.6 Å². The summed E-state index contributed by atoms with van der Waals surface area (Å²) in [5.74, 6) is 0.584. The molecule has 3 rings (SSSR count). The summed E-state index contributed by atoms with van der Waals surface area (Å²) in [7, 11) is 0. The molecule has 4 nitrogen and oxygen atoms in total. The molecule has 2 aromatic carbocycles. The lowest BCUT2D eigenvalue weighted by atomic mass is 10.1. The Morgan fingerprint density at radius 2 is 1.62 bits per heavy atom.